The number of benzene rings is 5. The first kappa shape index (κ1) is 22.6. The van der Waals surface area contributed by atoms with Gasteiger partial charge < -0.3 is 4.42 Å². The van der Waals surface area contributed by atoms with Crippen molar-refractivity contribution < 1.29 is 4.42 Å². The first-order chi connectivity index (χ1) is 18.7. The lowest BCUT2D eigenvalue weighted by molar-refractivity contribution is 0.669. The SMILES string of the molecule is Brc1ccccc1-c1nc(-c2cccc(-c3ccccc3)c2)nc(-c2ccc3c(c2)oc2ccccc23)n1. The fourth-order valence-electron chi connectivity index (χ4n) is 4.73. The lowest BCUT2D eigenvalue weighted by atomic mass is 10.0. The van der Waals surface area contributed by atoms with Crippen LogP contribution >= 0.6 is 15.9 Å². The van der Waals surface area contributed by atoms with Crippen molar-refractivity contribution in [2.75, 3.05) is 0 Å². The minimum Gasteiger partial charge on any atom is -0.456 e. The Balaban J connectivity index is 1.42. The molecule has 0 unspecified atom stereocenters. The maximum Gasteiger partial charge on any atom is 0.165 e. The third-order valence-corrected chi connectivity index (χ3v) is 7.31. The van der Waals surface area contributed by atoms with Crippen LogP contribution in [0.15, 0.2) is 130 Å². The maximum absolute atomic E-state index is 6.15. The molecule has 0 N–H and O–H groups in total. The Hall–Kier alpha value is -4.61. The summed E-state index contributed by atoms with van der Waals surface area (Å²) in [6.07, 6.45) is 0. The Bertz CT molecular complexity index is 1950. The van der Waals surface area contributed by atoms with Crippen LogP contribution in [0.5, 0.6) is 0 Å². The second-order valence-corrected chi connectivity index (χ2v) is 9.90. The fourth-order valence-corrected chi connectivity index (χ4v) is 5.19. The maximum atomic E-state index is 6.15. The average molecular weight is 554 g/mol. The van der Waals surface area contributed by atoms with Crippen molar-refractivity contribution in [1.29, 1.82) is 0 Å². The van der Waals surface area contributed by atoms with Gasteiger partial charge in [0.1, 0.15) is 11.2 Å². The smallest absolute Gasteiger partial charge is 0.165 e. The molecule has 0 spiro atoms. The molecule has 38 heavy (non-hydrogen) atoms. The minimum absolute atomic E-state index is 0.591. The second-order valence-electron chi connectivity index (χ2n) is 9.04. The zero-order valence-electron chi connectivity index (χ0n) is 20.2. The average Bonchev–Trinajstić information content (AvgIpc) is 3.36. The van der Waals surface area contributed by atoms with Gasteiger partial charge in [0.05, 0.1) is 0 Å². The van der Waals surface area contributed by atoms with E-state index in [4.69, 9.17) is 19.4 Å². The van der Waals surface area contributed by atoms with E-state index in [0.29, 0.717) is 17.5 Å². The molecule has 0 aliphatic heterocycles. The minimum atomic E-state index is 0.591. The Morgan fingerprint density at radius 1 is 0.447 bits per heavy atom. The molecule has 0 saturated carbocycles. The number of fused-ring (bicyclic) bond motifs is 3. The largest absolute Gasteiger partial charge is 0.456 e. The molecule has 0 amide bonds. The Kier molecular flexibility index (Phi) is 5.56. The number of aromatic nitrogens is 3. The summed E-state index contributed by atoms with van der Waals surface area (Å²) in [6, 6.07) is 40.8. The number of hydrogen-bond donors (Lipinski definition) is 0. The van der Waals surface area contributed by atoms with Gasteiger partial charge in [-0.1, -0.05) is 107 Å². The molecule has 2 aromatic heterocycles. The van der Waals surface area contributed by atoms with Gasteiger partial charge >= 0.3 is 0 Å². The summed E-state index contributed by atoms with van der Waals surface area (Å²) in [5.74, 6) is 1.81. The number of furan rings is 1. The summed E-state index contributed by atoms with van der Waals surface area (Å²) in [4.78, 5) is 14.8. The van der Waals surface area contributed by atoms with Crippen LogP contribution in [-0.2, 0) is 0 Å². The summed E-state index contributed by atoms with van der Waals surface area (Å²) in [5.41, 5.74) is 6.62. The van der Waals surface area contributed by atoms with Crippen LogP contribution in [0.4, 0.5) is 0 Å². The molecule has 0 aliphatic carbocycles. The van der Waals surface area contributed by atoms with Crippen molar-refractivity contribution in [3.05, 3.63) is 126 Å². The van der Waals surface area contributed by atoms with Crippen molar-refractivity contribution in [3.8, 4) is 45.3 Å². The zero-order chi connectivity index (χ0) is 25.5. The summed E-state index contributed by atoms with van der Waals surface area (Å²) in [5, 5.41) is 2.16. The van der Waals surface area contributed by atoms with Crippen LogP contribution in [0.3, 0.4) is 0 Å². The normalized spacial score (nSPS) is 11.3. The van der Waals surface area contributed by atoms with Gasteiger partial charge in [-0.05, 0) is 41.5 Å². The third-order valence-electron chi connectivity index (χ3n) is 6.62. The van der Waals surface area contributed by atoms with Crippen LogP contribution in [0.1, 0.15) is 0 Å². The van der Waals surface area contributed by atoms with E-state index >= 15 is 0 Å². The fraction of sp³-hybridized carbons (Fsp3) is 0. The Labute approximate surface area is 227 Å². The van der Waals surface area contributed by atoms with Gasteiger partial charge in [0.25, 0.3) is 0 Å². The van der Waals surface area contributed by atoms with Crippen molar-refractivity contribution in [3.63, 3.8) is 0 Å². The van der Waals surface area contributed by atoms with E-state index < -0.39 is 0 Å². The zero-order valence-corrected chi connectivity index (χ0v) is 21.8. The predicted molar refractivity (Wildman–Crippen MR) is 157 cm³/mol. The molecule has 0 saturated heterocycles. The topological polar surface area (TPSA) is 51.8 Å². The van der Waals surface area contributed by atoms with Gasteiger partial charge in [-0.3, -0.25) is 0 Å². The van der Waals surface area contributed by atoms with Crippen LogP contribution in [-0.4, -0.2) is 15.0 Å². The van der Waals surface area contributed by atoms with Gasteiger partial charge in [0, 0.05) is 31.9 Å². The summed E-state index contributed by atoms with van der Waals surface area (Å²) >= 11 is 3.67. The molecule has 180 valence electrons. The molecule has 0 fully saturated rings. The van der Waals surface area contributed by atoms with Gasteiger partial charge in [0.15, 0.2) is 17.5 Å². The van der Waals surface area contributed by atoms with E-state index in [1.165, 1.54) is 0 Å². The van der Waals surface area contributed by atoms with Crippen LogP contribution in [0.25, 0.3) is 67.2 Å². The van der Waals surface area contributed by atoms with Crippen molar-refractivity contribution >= 4 is 37.9 Å². The van der Waals surface area contributed by atoms with Crippen molar-refractivity contribution in [2.45, 2.75) is 0 Å². The molecule has 0 bridgehead atoms. The molecule has 5 aromatic carbocycles. The summed E-state index contributed by atoms with van der Waals surface area (Å²) in [7, 11) is 0. The first-order valence-electron chi connectivity index (χ1n) is 12.3. The molecule has 4 nitrogen and oxygen atoms in total. The summed E-state index contributed by atoms with van der Waals surface area (Å²) < 4.78 is 7.07. The highest BCUT2D eigenvalue weighted by molar-refractivity contribution is 9.10. The molecular formula is C33H20BrN3O. The molecule has 0 aliphatic rings. The van der Waals surface area contributed by atoms with E-state index in [1.54, 1.807) is 0 Å². The lowest BCUT2D eigenvalue weighted by Crippen LogP contribution is -2.00. The molecule has 7 rings (SSSR count). The van der Waals surface area contributed by atoms with Crippen LogP contribution in [0.2, 0.25) is 0 Å². The molecule has 7 aromatic rings. The van der Waals surface area contributed by atoms with Gasteiger partial charge in [-0.25, -0.2) is 15.0 Å². The molecule has 2 heterocycles. The van der Waals surface area contributed by atoms with Crippen LogP contribution in [0, 0.1) is 0 Å². The Morgan fingerprint density at radius 3 is 1.92 bits per heavy atom. The van der Waals surface area contributed by atoms with E-state index in [1.807, 2.05) is 84.9 Å². The van der Waals surface area contributed by atoms with Crippen LogP contribution < -0.4 is 0 Å². The van der Waals surface area contributed by atoms with E-state index in [-0.39, 0.29) is 0 Å². The quantitative estimate of drug-likeness (QED) is 0.218. The predicted octanol–water partition coefficient (Wildman–Crippen LogP) is 9.20. The van der Waals surface area contributed by atoms with Gasteiger partial charge in [-0.2, -0.15) is 0 Å². The summed E-state index contributed by atoms with van der Waals surface area (Å²) in [6.45, 7) is 0. The first-order valence-corrected chi connectivity index (χ1v) is 13.1. The van der Waals surface area contributed by atoms with E-state index in [9.17, 15) is 0 Å². The van der Waals surface area contributed by atoms with E-state index in [0.717, 1.165) is 54.2 Å². The van der Waals surface area contributed by atoms with Crippen molar-refractivity contribution in [1.82, 2.24) is 15.0 Å². The lowest BCUT2D eigenvalue weighted by Gasteiger charge is -2.10. The number of rotatable bonds is 4. The molecule has 0 atom stereocenters. The number of nitrogens with zero attached hydrogens (tertiary/aromatic N) is 3. The molecular weight excluding hydrogens is 534 g/mol. The highest BCUT2D eigenvalue weighted by atomic mass is 79.9. The number of para-hydroxylation sites is 1. The van der Waals surface area contributed by atoms with Crippen molar-refractivity contribution in [2.24, 2.45) is 0 Å². The van der Waals surface area contributed by atoms with E-state index in [2.05, 4.69) is 52.3 Å². The monoisotopic (exact) mass is 553 g/mol. The molecule has 5 heteroatoms. The standard InChI is InChI=1S/C33H20BrN3O/c34-28-15-6-4-14-27(28)33-36-31(23-12-8-11-22(19-23)21-9-2-1-3-10-21)35-32(37-33)24-17-18-26-25-13-5-7-16-29(25)38-30(26)20-24/h1-20H. The van der Waals surface area contributed by atoms with Gasteiger partial charge in [-0.15, -0.1) is 0 Å². The van der Waals surface area contributed by atoms with Gasteiger partial charge in [0.2, 0.25) is 0 Å². The second kappa shape index (κ2) is 9.36. The molecule has 0 radical (unpaired) electrons. The third kappa shape index (κ3) is 4.07. The highest BCUT2D eigenvalue weighted by Gasteiger charge is 2.16. The number of halogens is 1. The Morgan fingerprint density at radius 2 is 1.08 bits per heavy atom. The highest BCUT2D eigenvalue weighted by Crippen LogP contribution is 2.34. The number of hydrogen-bond acceptors (Lipinski definition) is 4.